The molecule has 2 saturated heterocycles. The first kappa shape index (κ1) is 15.8. The molecule has 2 aliphatic rings. The molecule has 25 heavy (non-hydrogen) atoms. The second-order valence-corrected chi connectivity index (χ2v) is 6.60. The van der Waals surface area contributed by atoms with Gasteiger partial charge in [-0.2, -0.15) is 5.10 Å². The molecule has 1 N–H and O–H groups in total. The fourth-order valence-corrected chi connectivity index (χ4v) is 3.60. The Labute approximate surface area is 144 Å². The molecule has 4 rings (SSSR count). The van der Waals surface area contributed by atoms with Gasteiger partial charge in [-0.15, -0.1) is 0 Å². The van der Waals surface area contributed by atoms with E-state index in [2.05, 4.69) is 10.4 Å². The highest BCUT2D eigenvalue weighted by molar-refractivity contribution is 5.92. The lowest BCUT2D eigenvalue weighted by atomic mass is 10.1. The number of rotatable bonds is 3. The van der Waals surface area contributed by atoms with Crippen LogP contribution in [-0.4, -0.2) is 50.7 Å². The van der Waals surface area contributed by atoms with Crippen molar-refractivity contribution >= 4 is 11.6 Å². The zero-order valence-corrected chi connectivity index (χ0v) is 13.7. The van der Waals surface area contributed by atoms with E-state index in [1.165, 1.54) is 18.6 Å². The molecule has 2 atom stereocenters. The zero-order chi connectivity index (χ0) is 17.4. The van der Waals surface area contributed by atoms with Crippen molar-refractivity contribution < 1.29 is 9.72 Å². The van der Waals surface area contributed by atoms with Crippen LogP contribution in [0.25, 0.3) is 5.69 Å². The summed E-state index contributed by atoms with van der Waals surface area (Å²) in [6, 6.07) is 8.70. The fourth-order valence-electron chi connectivity index (χ4n) is 3.60. The van der Waals surface area contributed by atoms with Crippen molar-refractivity contribution in [2.24, 2.45) is 0 Å². The topological polar surface area (TPSA) is 93.3 Å². The number of likely N-dealkylation sites (tertiary alicyclic amines) is 1. The maximum Gasteiger partial charge on any atom is 0.274 e. The van der Waals surface area contributed by atoms with E-state index in [0.29, 0.717) is 23.5 Å². The van der Waals surface area contributed by atoms with Crippen molar-refractivity contribution in [3.05, 3.63) is 52.3 Å². The van der Waals surface area contributed by atoms with Gasteiger partial charge >= 0.3 is 0 Å². The van der Waals surface area contributed by atoms with Gasteiger partial charge in [-0.05, 0) is 37.5 Å². The predicted octanol–water partition coefficient (Wildman–Crippen LogP) is 1.75. The van der Waals surface area contributed by atoms with Crippen molar-refractivity contribution in [3.8, 4) is 5.69 Å². The second-order valence-electron chi connectivity index (χ2n) is 6.60. The lowest BCUT2D eigenvalue weighted by Gasteiger charge is -2.23. The van der Waals surface area contributed by atoms with E-state index >= 15 is 0 Å². The molecule has 0 aliphatic carbocycles. The molecule has 130 valence electrons. The van der Waals surface area contributed by atoms with Gasteiger partial charge in [0.15, 0.2) is 5.69 Å². The average Bonchev–Trinajstić information content (AvgIpc) is 3.21. The number of carbonyl (C=O) groups is 1. The largest absolute Gasteiger partial charge is 0.336 e. The summed E-state index contributed by atoms with van der Waals surface area (Å²) in [6.07, 6.45) is 5.00. The van der Waals surface area contributed by atoms with Crippen LogP contribution in [0.5, 0.6) is 0 Å². The van der Waals surface area contributed by atoms with E-state index in [0.717, 1.165) is 25.9 Å². The summed E-state index contributed by atoms with van der Waals surface area (Å²) in [5.74, 6) is -0.0602. The molecule has 0 spiro atoms. The Morgan fingerprint density at radius 3 is 2.68 bits per heavy atom. The highest BCUT2D eigenvalue weighted by Crippen LogP contribution is 2.21. The number of nitro benzene ring substituents is 1. The first-order valence-corrected chi connectivity index (χ1v) is 8.46. The average molecular weight is 341 g/mol. The van der Waals surface area contributed by atoms with Crippen molar-refractivity contribution in [2.75, 3.05) is 13.1 Å². The summed E-state index contributed by atoms with van der Waals surface area (Å²) < 4.78 is 1.57. The number of aromatic nitrogens is 2. The number of hydrogen-bond donors (Lipinski definition) is 1. The molecule has 2 unspecified atom stereocenters. The Bertz CT molecular complexity index is 801. The number of hydrogen-bond acceptors (Lipinski definition) is 5. The molecule has 1 aromatic heterocycles. The highest BCUT2D eigenvalue weighted by atomic mass is 16.6. The van der Waals surface area contributed by atoms with Crippen molar-refractivity contribution in [2.45, 2.75) is 31.3 Å². The summed E-state index contributed by atoms with van der Waals surface area (Å²) in [5, 5.41) is 18.6. The monoisotopic (exact) mass is 341 g/mol. The van der Waals surface area contributed by atoms with Gasteiger partial charge in [0, 0.05) is 43.5 Å². The quantitative estimate of drug-likeness (QED) is 0.678. The summed E-state index contributed by atoms with van der Waals surface area (Å²) >= 11 is 0. The fraction of sp³-hybridized carbons (Fsp3) is 0.412. The zero-order valence-electron chi connectivity index (χ0n) is 13.7. The van der Waals surface area contributed by atoms with Crippen molar-refractivity contribution in [3.63, 3.8) is 0 Å². The van der Waals surface area contributed by atoms with Gasteiger partial charge < -0.3 is 10.2 Å². The molecule has 0 radical (unpaired) electrons. The van der Waals surface area contributed by atoms with Crippen LogP contribution in [0.1, 0.15) is 29.8 Å². The van der Waals surface area contributed by atoms with E-state index in [9.17, 15) is 14.9 Å². The molecular weight excluding hydrogens is 322 g/mol. The number of benzene rings is 1. The molecule has 2 aliphatic heterocycles. The van der Waals surface area contributed by atoms with Crippen molar-refractivity contribution in [1.29, 1.82) is 0 Å². The lowest BCUT2D eigenvalue weighted by Crippen LogP contribution is -2.39. The maximum atomic E-state index is 12.7. The molecule has 2 aromatic rings. The summed E-state index contributed by atoms with van der Waals surface area (Å²) in [6.45, 7) is 1.47. The van der Waals surface area contributed by atoms with E-state index in [4.69, 9.17) is 0 Å². The van der Waals surface area contributed by atoms with Crippen LogP contribution in [0.3, 0.4) is 0 Å². The Morgan fingerprint density at radius 2 is 1.92 bits per heavy atom. The first-order chi connectivity index (χ1) is 12.1. The van der Waals surface area contributed by atoms with E-state index in [1.54, 1.807) is 29.1 Å². The Kier molecular flexibility index (Phi) is 3.96. The van der Waals surface area contributed by atoms with E-state index < -0.39 is 4.92 Å². The minimum Gasteiger partial charge on any atom is -0.336 e. The third kappa shape index (κ3) is 3.12. The van der Waals surface area contributed by atoms with Crippen LogP contribution >= 0.6 is 0 Å². The summed E-state index contributed by atoms with van der Waals surface area (Å²) in [5.41, 5.74) is 1.11. The number of carbonyl (C=O) groups excluding carboxylic acids is 1. The third-order valence-corrected chi connectivity index (χ3v) is 4.94. The van der Waals surface area contributed by atoms with Crippen LogP contribution < -0.4 is 5.32 Å². The van der Waals surface area contributed by atoms with Gasteiger partial charge in [0.1, 0.15) is 0 Å². The minimum absolute atomic E-state index is 0.0272. The Hall–Kier alpha value is -2.74. The SMILES string of the molecule is O=C(c1ccn(-c2ccc([N+](=O)[O-])cc2)n1)N1CCC2CCC(C1)N2. The molecule has 3 heterocycles. The second kappa shape index (κ2) is 6.29. The normalized spacial score (nSPS) is 22.6. The predicted molar refractivity (Wildman–Crippen MR) is 90.7 cm³/mol. The molecule has 2 bridgehead atoms. The maximum absolute atomic E-state index is 12.7. The van der Waals surface area contributed by atoms with Gasteiger partial charge in [-0.1, -0.05) is 0 Å². The van der Waals surface area contributed by atoms with E-state index in [-0.39, 0.29) is 11.6 Å². The van der Waals surface area contributed by atoms with Gasteiger partial charge in [0.05, 0.1) is 10.6 Å². The van der Waals surface area contributed by atoms with Crippen LogP contribution in [0.4, 0.5) is 5.69 Å². The first-order valence-electron chi connectivity index (χ1n) is 8.46. The summed E-state index contributed by atoms with van der Waals surface area (Å²) in [4.78, 5) is 24.9. The van der Waals surface area contributed by atoms with Gasteiger partial charge in [-0.25, -0.2) is 4.68 Å². The van der Waals surface area contributed by atoms with Gasteiger partial charge in [0.2, 0.25) is 0 Å². The Morgan fingerprint density at radius 1 is 1.16 bits per heavy atom. The van der Waals surface area contributed by atoms with Crippen LogP contribution in [-0.2, 0) is 0 Å². The molecule has 8 nitrogen and oxygen atoms in total. The number of non-ortho nitro benzene ring substituents is 1. The van der Waals surface area contributed by atoms with Crippen LogP contribution in [0.15, 0.2) is 36.5 Å². The molecule has 1 amide bonds. The standard InChI is InChI=1S/C17H19N5O3/c23-17(20-9-7-12-1-2-13(11-20)18-12)16-8-10-21(19-16)14-3-5-15(6-4-14)22(24)25/h3-6,8,10,12-13,18H,1-2,7,9,11H2. The van der Waals surface area contributed by atoms with Gasteiger partial charge in [-0.3, -0.25) is 14.9 Å². The van der Waals surface area contributed by atoms with Crippen LogP contribution in [0.2, 0.25) is 0 Å². The van der Waals surface area contributed by atoms with Crippen LogP contribution in [0, 0.1) is 10.1 Å². The number of amides is 1. The third-order valence-electron chi connectivity index (χ3n) is 4.94. The Balaban J connectivity index is 1.50. The highest BCUT2D eigenvalue weighted by Gasteiger charge is 2.32. The lowest BCUT2D eigenvalue weighted by molar-refractivity contribution is -0.384. The van der Waals surface area contributed by atoms with Gasteiger partial charge in [0.25, 0.3) is 11.6 Å². The minimum atomic E-state index is -0.442. The smallest absolute Gasteiger partial charge is 0.274 e. The molecule has 8 heteroatoms. The molecular formula is C17H19N5O3. The number of nitro groups is 1. The molecule has 0 saturated carbocycles. The molecule has 2 fully saturated rings. The number of nitrogens with one attached hydrogen (secondary N) is 1. The van der Waals surface area contributed by atoms with Crippen molar-refractivity contribution in [1.82, 2.24) is 20.0 Å². The molecule has 1 aromatic carbocycles. The summed E-state index contributed by atoms with van der Waals surface area (Å²) in [7, 11) is 0. The number of fused-ring (bicyclic) bond motifs is 2. The number of nitrogens with zero attached hydrogens (tertiary/aromatic N) is 4. The van der Waals surface area contributed by atoms with E-state index in [1.807, 2.05) is 4.90 Å².